The van der Waals surface area contributed by atoms with Crippen molar-refractivity contribution in [3.63, 3.8) is 0 Å². The minimum atomic E-state index is -0.183. The van der Waals surface area contributed by atoms with E-state index in [1.54, 1.807) is 20.1 Å². The Bertz CT molecular complexity index is 327. The highest BCUT2D eigenvalue weighted by atomic mass is 19.1. The minimum absolute atomic E-state index is 0.0904. The number of ether oxygens (including phenoxy) is 1. The first-order valence-corrected chi connectivity index (χ1v) is 5.10. The molecular weight excluding hydrogens is 193 g/mol. The molecule has 0 saturated heterocycles. The first-order valence-electron chi connectivity index (χ1n) is 5.10. The number of hydrogen-bond acceptors (Lipinski definition) is 2. The predicted molar refractivity (Wildman–Crippen MR) is 60.7 cm³/mol. The Morgan fingerprint density at radius 1 is 1.33 bits per heavy atom. The van der Waals surface area contributed by atoms with Crippen LogP contribution in [0.5, 0.6) is 0 Å². The summed E-state index contributed by atoms with van der Waals surface area (Å²) >= 11 is 0. The van der Waals surface area contributed by atoms with Gasteiger partial charge in [0.25, 0.3) is 0 Å². The fourth-order valence-corrected chi connectivity index (χ4v) is 1.33. The summed E-state index contributed by atoms with van der Waals surface area (Å²) in [5.74, 6) is -0.183. The fourth-order valence-electron chi connectivity index (χ4n) is 1.33. The van der Waals surface area contributed by atoms with Gasteiger partial charge in [-0.25, -0.2) is 4.39 Å². The van der Waals surface area contributed by atoms with E-state index in [-0.39, 0.29) is 18.0 Å². The lowest BCUT2D eigenvalue weighted by Crippen LogP contribution is -2.30. The van der Waals surface area contributed by atoms with Crippen molar-refractivity contribution in [1.82, 2.24) is 0 Å². The van der Waals surface area contributed by atoms with Crippen molar-refractivity contribution in [2.45, 2.75) is 32.9 Å². The summed E-state index contributed by atoms with van der Waals surface area (Å²) in [5, 5.41) is 3.24. The number of rotatable bonds is 4. The van der Waals surface area contributed by atoms with Gasteiger partial charge in [-0.15, -0.1) is 0 Å². The molecule has 0 fully saturated rings. The quantitative estimate of drug-likeness (QED) is 0.826. The predicted octanol–water partition coefficient (Wildman–Crippen LogP) is 2.97. The number of halogens is 1. The normalized spacial score (nSPS) is 14.7. The van der Waals surface area contributed by atoms with Gasteiger partial charge in [-0.3, -0.25) is 0 Å². The number of anilines is 1. The molecule has 0 radical (unpaired) electrons. The third-order valence-corrected chi connectivity index (χ3v) is 2.73. The molecule has 3 heteroatoms. The van der Waals surface area contributed by atoms with Crippen molar-refractivity contribution in [1.29, 1.82) is 0 Å². The Hall–Kier alpha value is -1.09. The van der Waals surface area contributed by atoms with Crippen molar-refractivity contribution < 1.29 is 9.13 Å². The van der Waals surface area contributed by atoms with Crippen LogP contribution in [0.1, 0.15) is 19.4 Å². The van der Waals surface area contributed by atoms with Crippen LogP contribution in [0.15, 0.2) is 18.2 Å². The molecule has 0 amide bonds. The highest BCUT2D eigenvalue weighted by molar-refractivity contribution is 5.51. The fraction of sp³-hybridized carbons (Fsp3) is 0.500. The molecule has 0 aliphatic heterocycles. The molecule has 0 bridgehead atoms. The molecule has 1 aromatic carbocycles. The monoisotopic (exact) mass is 211 g/mol. The molecule has 1 aromatic rings. The highest BCUT2D eigenvalue weighted by Crippen LogP contribution is 2.19. The number of benzene rings is 1. The lowest BCUT2D eigenvalue weighted by atomic mass is 10.1. The van der Waals surface area contributed by atoms with Crippen molar-refractivity contribution >= 4 is 5.69 Å². The van der Waals surface area contributed by atoms with Gasteiger partial charge in [0.15, 0.2) is 0 Å². The van der Waals surface area contributed by atoms with Gasteiger partial charge in [0.05, 0.1) is 6.10 Å². The zero-order valence-corrected chi connectivity index (χ0v) is 9.67. The zero-order valence-electron chi connectivity index (χ0n) is 9.67. The maximum absolute atomic E-state index is 13.2. The number of methoxy groups -OCH3 is 1. The average molecular weight is 211 g/mol. The van der Waals surface area contributed by atoms with Gasteiger partial charge in [0.1, 0.15) is 5.82 Å². The number of nitrogens with one attached hydrogen (secondary N) is 1. The summed E-state index contributed by atoms with van der Waals surface area (Å²) in [6, 6.07) is 5.19. The lowest BCUT2D eigenvalue weighted by Gasteiger charge is -2.22. The molecule has 15 heavy (non-hydrogen) atoms. The summed E-state index contributed by atoms with van der Waals surface area (Å²) in [7, 11) is 1.67. The Morgan fingerprint density at radius 2 is 2.00 bits per heavy atom. The number of hydrogen-bond donors (Lipinski definition) is 1. The van der Waals surface area contributed by atoms with Gasteiger partial charge in [-0.05, 0) is 32.9 Å². The molecule has 0 heterocycles. The van der Waals surface area contributed by atoms with Gasteiger partial charge in [0, 0.05) is 24.4 Å². The molecule has 0 aliphatic rings. The Balaban J connectivity index is 2.76. The molecule has 0 spiro atoms. The van der Waals surface area contributed by atoms with Crippen molar-refractivity contribution in [2.75, 3.05) is 12.4 Å². The van der Waals surface area contributed by atoms with E-state index in [1.807, 2.05) is 19.9 Å². The van der Waals surface area contributed by atoms with Gasteiger partial charge < -0.3 is 10.1 Å². The second-order valence-corrected chi connectivity index (χ2v) is 3.79. The van der Waals surface area contributed by atoms with Crippen molar-refractivity contribution in [3.8, 4) is 0 Å². The summed E-state index contributed by atoms with van der Waals surface area (Å²) in [6.07, 6.45) is 0.0904. The van der Waals surface area contributed by atoms with Gasteiger partial charge in [0.2, 0.25) is 0 Å². The van der Waals surface area contributed by atoms with Crippen molar-refractivity contribution in [3.05, 3.63) is 29.6 Å². The topological polar surface area (TPSA) is 21.3 Å². The van der Waals surface area contributed by atoms with Gasteiger partial charge in [-0.2, -0.15) is 0 Å². The van der Waals surface area contributed by atoms with Crippen LogP contribution in [0.4, 0.5) is 10.1 Å². The van der Waals surface area contributed by atoms with E-state index in [9.17, 15) is 4.39 Å². The summed E-state index contributed by atoms with van der Waals surface area (Å²) < 4.78 is 18.4. The highest BCUT2D eigenvalue weighted by Gasteiger charge is 2.12. The van der Waals surface area contributed by atoms with Crippen LogP contribution in [-0.4, -0.2) is 19.3 Å². The van der Waals surface area contributed by atoms with E-state index in [1.165, 1.54) is 6.07 Å². The SMILES string of the molecule is COC(C)C(C)Nc1cccc(F)c1C. The van der Waals surface area contributed by atoms with E-state index in [0.717, 1.165) is 5.69 Å². The van der Waals surface area contributed by atoms with Crippen LogP contribution in [-0.2, 0) is 4.74 Å². The zero-order chi connectivity index (χ0) is 11.4. The standard InChI is InChI=1S/C12H18FNO/c1-8-11(13)6-5-7-12(8)14-9(2)10(3)15-4/h5-7,9-10,14H,1-4H3. The van der Waals surface area contributed by atoms with Gasteiger partial charge in [-0.1, -0.05) is 6.07 Å². The third-order valence-electron chi connectivity index (χ3n) is 2.73. The van der Waals surface area contributed by atoms with Crippen LogP contribution in [0.25, 0.3) is 0 Å². The minimum Gasteiger partial charge on any atom is -0.380 e. The van der Waals surface area contributed by atoms with E-state index >= 15 is 0 Å². The van der Waals surface area contributed by atoms with Crippen LogP contribution in [0.2, 0.25) is 0 Å². The molecule has 0 aliphatic carbocycles. The summed E-state index contributed by atoms with van der Waals surface area (Å²) in [4.78, 5) is 0. The Kier molecular flexibility index (Phi) is 4.09. The molecule has 2 nitrogen and oxygen atoms in total. The maximum Gasteiger partial charge on any atom is 0.128 e. The first kappa shape index (κ1) is 12.0. The average Bonchev–Trinajstić information content (AvgIpc) is 2.23. The van der Waals surface area contributed by atoms with E-state index in [0.29, 0.717) is 5.56 Å². The van der Waals surface area contributed by atoms with Crippen LogP contribution < -0.4 is 5.32 Å². The molecule has 2 unspecified atom stereocenters. The Morgan fingerprint density at radius 3 is 2.60 bits per heavy atom. The molecule has 2 atom stereocenters. The second kappa shape index (κ2) is 5.12. The molecule has 1 N–H and O–H groups in total. The molecular formula is C12H18FNO. The summed E-state index contributed by atoms with van der Waals surface area (Å²) in [5.41, 5.74) is 1.47. The first-order chi connectivity index (χ1) is 7.06. The molecule has 0 aromatic heterocycles. The van der Waals surface area contributed by atoms with E-state index in [4.69, 9.17) is 4.74 Å². The second-order valence-electron chi connectivity index (χ2n) is 3.79. The van der Waals surface area contributed by atoms with E-state index < -0.39 is 0 Å². The van der Waals surface area contributed by atoms with Crippen LogP contribution in [0, 0.1) is 12.7 Å². The van der Waals surface area contributed by atoms with Crippen LogP contribution in [0.3, 0.4) is 0 Å². The molecule has 0 saturated carbocycles. The summed E-state index contributed by atoms with van der Waals surface area (Å²) in [6.45, 7) is 5.76. The van der Waals surface area contributed by atoms with Crippen molar-refractivity contribution in [2.24, 2.45) is 0 Å². The Labute approximate surface area is 90.4 Å². The maximum atomic E-state index is 13.2. The lowest BCUT2D eigenvalue weighted by molar-refractivity contribution is 0.106. The smallest absolute Gasteiger partial charge is 0.128 e. The molecule has 84 valence electrons. The van der Waals surface area contributed by atoms with Gasteiger partial charge >= 0.3 is 0 Å². The largest absolute Gasteiger partial charge is 0.380 e. The van der Waals surface area contributed by atoms with E-state index in [2.05, 4.69) is 5.32 Å². The third kappa shape index (κ3) is 2.93. The van der Waals surface area contributed by atoms with Crippen LogP contribution >= 0.6 is 0 Å². The molecule has 1 rings (SSSR count).